The Kier molecular flexibility index (Phi) is 5.13. The van der Waals surface area contributed by atoms with E-state index in [1.165, 1.54) is 24.4 Å². The number of hydrazone groups is 2. The van der Waals surface area contributed by atoms with Crippen molar-refractivity contribution in [3.05, 3.63) is 39.9 Å². The lowest BCUT2D eigenvalue weighted by Gasteiger charge is -2.06. The first kappa shape index (κ1) is 16.3. The highest BCUT2D eigenvalue weighted by molar-refractivity contribution is 6.07. The predicted molar refractivity (Wildman–Crippen MR) is 82.8 cm³/mol. The number of amides is 2. The first-order valence-corrected chi connectivity index (χ1v) is 6.88. The van der Waals surface area contributed by atoms with Gasteiger partial charge < -0.3 is 0 Å². The van der Waals surface area contributed by atoms with E-state index < -0.39 is 4.92 Å². The minimum absolute atomic E-state index is 0.0534. The predicted octanol–water partition coefficient (Wildman–Crippen LogP) is 0.947. The number of carbonyl (C=O) groups excluding carboxylic acids is 2. The summed E-state index contributed by atoms with van der Waals surface area (Å²) in [6.07, 6.45) is 1.79. The molecule has 0 bridgehead atoms. The van der Waals surface area contributed by atoms with Gasteiger partial charge in [-0.25, -0.2) is 10.9 Å². The molecule has 1 aliphatic rings. The molecule has 1 atom stereocenters. The second kappa shape index (κ2) is 7.25. The highest BCUT2D eigenvalue weighted by Gasteiger charge is 2.26. The van der Waals surface area contributed by atoms with Gasteiger partial charge in [0.15, 0.2) is 0 Å². The second-order valence-corrected chi connectivity index (χ2v) is 4.97. The Labute approximate surface area is 131 Å². The van der Waals surface area contributed by atoms with E-state index >= 15 is 0 Å². The Morgan fingerprint density at radius 1 is 1.57 bits per heavy atom. The summed E-state index contributed by atoms with van der Waals surface area (Å²) in [5.41, 5.74) is 5.78. The lowest BCUT2D eigenvalue weighted by molar-refractivity contribution is -0.384. The SMILES string of the molecule is CC1=NNC(=O)C1CCC(=O)N/N=C/c1cccc([N+](=O)[O-])c1. The number of hydrogen-bond acceptors (Lipinski definition) is 6. The maximum Gasteiger partial charge on any atom is 0.270 e. The fraction of sp³-hybridized carbons (Fsp3) is 0.286. The van der Waals surface area contributed by atoms with Crippen molar-refractivity contribution in [2.75, 3.05) is 0 Å². The zero-order chi connectivity index (χ0) is 16.8. The van der Waals surface area contributed by atoms with Crippen molar-refractivity contribution >= 4 is 29.4 Å². The van der Waals surface area contributed by atoms with Crippen LogP contribution in [0.1, 0.15) is 25.3 Å². The van der Waals surface area contributed by atoms with E-state index in [4.69, 9.17) is 0 Å². The van der Waals surface area contributed by atoms with Crippen LogP contribution >= 0.6 is 0 Å². The fourth-order valence-corrected chi connectivity index (χ4v) is 2.06. The van der Waals surface area contributed by atoms with Gasteiger partial charge in [0, 0.05) is 29.8 Å². The normalized spacial score (nSPS) is 17.0. The first-order valence-electron chi connectivity index (χ1n) is 6.88. The van der Waals surface area contributed by atoms with E-state index in [1.54, 1.807) is 13.0 Å². The number of nitrogens with one attached hydrogen (secondary N) is 2. The van der Waals surface area contributed by atoms with Gasteiger partial charge in [-0.15, -0.1) is 0 Å². The zero-order valence-electron chi connectivity index (χ0n) is 12.4. The average Bonchev–Trinajstić information content (AvgIpc) is 2.84. The highest BCUT2D eigenvalue weighted by atomic mass is 16.6. The Balaban J connectivity index is 1.82. The van der Waals surface area contributed by atoms with Crippen LogP contribution in [0, 0.1) is 16.0 Å². The molecule has 0 aromatic heterocycles. The number of benzene rings is 1. The van der Waals surface area contributed by atoms with Gasteiger partial charge in [-0.1, -0.05) is 12.1 Å². The topological polar surface area (TPSA) is 126 Å². The maximum atomic E-state index is 11.7. The molecule has 2 rings (SSSR count). The van der Waals surface area contributed by atoms with E-state index in [1.807, 2.05) is 0 Å². The van der Waals surface area contributed by atoms with Gasteiger partial charge in [0.25, 0.3) is 5.69 Å². The van der Waals surface area contributed by atoms with Crippen molar-refractivity contribution in [3.8, 4) is 0 Å². The molecule has 1 aromatic rings. The van der Waals surface area contributed by atoms with Crippen LogP contribution in [0.4, 0.5) is 5.69 Å². The fourth-order valence-electron chi connectivity index (χ4n) is 2.06. The minimum atomic E-state index is -0.507. The zero-order valence-corrected chi connectivity index (χ0v) is 12.4. The van der Waals surface area contributed by atoms with Crippen LogP contribution < -0.4 is 10.9 Å². The molecule has 23 heavy (non-hydrogen) atoms. The summed E-state index contributed by atoms with van der Waals surface area (Å²) in [7, 11) is 0. The monoisotopic (exact) mass is 317 g/mol. The van der Waals surface area contributed by atoms with Crippen LogP contribution in [-0.2, 0) is 9.59 Å². The number of nitro groups is 1. The summed E-state index contributed by atoms with van der Waals surface area (Å²) in [5, 5.41) is 18.2. The molecule has 0 aliphatic carbocycles. The summed E-state index contributed by atoms with van der Waals surface area (Å²) in [6, 6.07) is 5.87. The van der Waals surface area contributed by atoms with Crippen molar-refractivity contribution < 1.29 is 14.5 Å². The largest absolute Gasteiger partial charge is 0.273 e. The first-order chi connectivity index (χ1) is 11.0. The van der Waals surface area contributed by atoms with E-state index in [2.05, 4.69) is 21.1 Å². The average molecular weight is 317 g/mol. The van der Waals surface area contributed by atoms with Crippen LogP contribution in [0.5, 0.6) is 0 Å². The third kappa shape index (κ3) is 4.43. The lowest BCUT2D eigenvalue weighted by atomic mass is 9.99. The molecule has 1 heterocycles. The van der Waals surface area contributed by atoms with E-state index in [-0.39, 0.29) is 29.8 Å². The van der Waals surface area contributed by atoms with Gasteiger partial charge >= 0.3 is 0 Å². The van der Waals surface area contributed by atoms with Gasteiger partial charge in [-0.3, -0.25) is 19.7 Å². The van der Waals surface area contributed by atoms with Gasteiger partial charge in [0.05, 0.1) is 17.1 Å². The number of rotatable bonds is 6. The second-order valence-electron chi connectivity index (χ2n) is 4.97. The Morgan fingerprint density at radius 2 is 2.35 bits per heavy atom. The quantitative estimate of drug-likeness (QED) is 0.460. The van der Waals surface area contributed by atoms with Gasteiger partial charge in [0.2, 0.25) is 11.8 Å². The molecule has 9 nitrogen and oxygen atoms in total. The number of non-ortho nitro benzene ring substituents is 1. The molecule has 0 radical (unpaired) electrons. The molecular weight excluding hydrogens is 302 g/mol. The molecule has 0 fully saturated rings. The van der Waals surface area contributed by atoms with Crippen molar-refractivity contribution in [1.29, 1.82) is 0 Å². The number of nitrogens with zero attached hydrogens (tertiary/aromatic N) is 3. The molecule has 1 unspecified atom stereocenters. The van der Waals surface area contributed by atoms with Crippen LogP contribution in [0.15, 0.2) is 34.5 Å². The van der Waals surface area contributed by atoms with Crippen LogP contribution in [0.2, 0.25) is 0 Å². The van der Waals surface area contributed by atoms with E-state index in [0.717, 1.165) is 0 Å². The van der Waals surface area contributed by atoms with Crippen LogP contribution in [0.25, 0.3) is 0 Å². The Morgan fingerprint density at radius 3 is 3.00 bits per heavy atom. The van der Waals surface area contributed by atoms with Gasteiger partial charge in [0.1, 0.15) is 0 Å². The highest BCUT2D eigenvalue weighted by Crippen LogP contribution is 2.14. The minimum Gasteiger partial charge on any atom is -0.273 e. The van der Waals surface area contributed by atoms with Crippen LogP contribution in [0.3, 0.4) is 0 Å². The van der Waals surface area contributed by atoms with Crippen molar-refractivity contribution in [2.24, 2.45) is 16.1 Å². The molecule has 9 heteroatoms. The summed E-state index contributed by atoms with van der Waals surface area (Å²) >= 11 is 0. The third-order valence-electron chi connectivity index (χ3n) is 3.31. The van der Waals surface area contributed by atoms with Gasteiger partial charge in [-0.05, 0) is 13.3 Å². The molecule has 1 aromatic carbocycles. The molecule has 0 saturated carbocycles. The number of nitro benzene ring substituents is 1. The molecule has 0 spiro atoms. The molecule has 2 amide bonds. The summed E-state index contributed by atoms with van der Waals surface area (Å²) in [6.45, 7) is 1.72. The molecule has 0 saturated heterocycles. The van der Waals surface area contributed by atoms with Crippen molar-refractivity contribution in [2.45, 2.75) is 19.8 Å². The number of carbonyl (C=O) groups is 2. The lowest BCUT2D eigenvalue weighted by Crippen LogP contribution is -2.25. The smallest absolute Gasteiger partial charge is 0.270 e. The van der Waals surface area contributed by atoms with Crippen molar-refractivity contribution in [3.63, 3.8) is 0 Å². The molecule has 1 aliphatic heterocycles. The number of hydrogen-bond donors (Lipinski definition) is 2. The summed E-state index contributed by atoms with van der Waals surface area (Å²) < 4.78 is 0. The standard InChI is InChI=1S/C14H15N5O4/c1-9-12(14(21)18-16-9)5-6-13(20)17-15-8-10-3-2-4-11(7-10)19(22)23/h2-4,7-8,12H,5-6H2,1H3,(H,17,20)(H,18,21)/b15-8+. The summed E-state index contributed by atoms with van der Waals surface area (Å²) in [5.74, 6) is -0.948. The Bertz CT molecular complexity index is 698. The maximum absolute atomic E-state index is 11.7. The third-order valence-corrected chi connectivity index (χ3v) is 3.31. The van der Waals surface area contributed by atoms with E-state index in [0.29, 0.717) is 17.7 Å². The molecular formula is C14H15N5O4. The molecule has 2 N–H and O–H groups in total. The summed E-state index contributed by atoms with van der Waals surface area (Å²) in [4.78, 5) is 33.3. The van der Waals surface area contributed by atoms with Crippen LogP contribution in [-0.4, -0.2) is 28.7 Å². The Hall–Kier alpha value is -3.10. The molecule has 120 valence electrons. The van der Waals surface area contributed by atoms with Gasteiger partial charge in [-0.2, -0.15) is 10.2 Å². The van der Waals surface area contributed by atoms with E-state index in [9.17, 15) is 19.7 Å². The van der Waals surface area contributed by atoms with Crippen molar-refractivity contribution in [1.82, 2.24) is 10.9 Å².